The lowest BCUT2D eigenvalue weighted by atomic mass is 9.77. The van der Waals surface area contributed by atoms with E-state index in [9.17, 15) is 0 Å². The van der Waals surface area contributed by atoms with Gasteiger partial charge in [-0.15, -0.1) is 0 Å². The summed E-state index contributed by atoms with van der Waals surface area (Å²) in [7, 11) is 0. The number of unbranched alkanes of at least 4 members (excludes halogenated alkanes) is 1. The third-order valence-corrected chi connectivity index (χ3v) is 7.23. The summed E-state index contributed by atoms with van der Waals surface area (Å²) in [6, 6.07) is 23.7. The molecule has 2 heteroatoms. The Morgan fingerprint density at radius 1 is 0.853 bits per heavy atom. The summed E-state index contributed by atoms with van der Waals surface area (Å²) >= 11 is 4.68. The van der Waals surface area contributed by atoms with Gasteiger partial charge in [0.1, 0.15) is 0 Å². The van der Waals surface area contributed by atoms with Crippen molar-refractivity contribution in [2.45, 2.75) is 64.7 Å². The van der Waals surface area contributed by atoms with Crippen molar-refractivity contribution in [1.82, 2.24) is 0 Å². The van der Waals surface area contributed by atoms with Crippen molar-refractivity contribution in [3.05, 3.63) is 89.0 Å². The standard InChI is InChI=1S/C32H33NS/c1-3-4-5-25-7-12-28(13-8-25)30-16-18-31(19-17-30)29-14-9-26(10-15-29)6-11-27-20-21-32(33-23-34)22-24(27)2/h9-10,14-22,25,28H,3-5,7-8,12-13H2,1-2H3. The summed E-state index contributed by atoms with van der Waals surface area (Å²) in [5.74, 6) is 8.26. The first kappa shape index (κ1) is 24.2. The Kier molecular flexibility index (Phi) is 8.48. The van der Waals surface area contributed by atoms with E-state index in [0.29, 0.717) is 0 Å². The van der Waals surface area contributed by atoms with Gasteiger partial charge in [0.15, 0.2) is 0 Å². The highest BCUT2D eigenvalue weighted by atomic mass is 32.1. The van der Waals surface area contributed by atoms with E-state index < -0.39 is 0 Å². The highest BCUT2D eigenvalue weighted by Crippen LogP contribution is 2.38. The minimum Gasteiger partial charge on any atom is -0.195 e. The SMILES string of the molecule is CCCCC1CCC(c2ccc(-c3ccc(C#Cc4ccc(N=C=S)cc4C)cc3)cc2)CC1. The average molecular weight is 464 g/mol. The number of nitrogens with zero attached hydrogens (tertiary/aromatic N) is 1. The minimum absolute atomic E-state index is 0.739. The van der Waals surface area contributed by atoms with Crippen molar-refractivity contribution in [2.75, 3.05) is 0 Å². The van der Waals surface area contributed by atoms with Crippen LogP contribution in [0.1, 0.15) is 80.0 Å². The second-order valence-corrected chi connectivity index (χ2v) is 9.69. The lowest BCUT2D eigenvalue weighted by Crippen LogP contribution is -2.13. The molecule has 3 aromatic rings. The summed E-state index contributed by atoms with van der Waals surface area (Å²) in [6.45, 7) is 4.34. The van der Waals surface area contributed by atoms with Gasteiger partial charge in [0.05, 0.1) is 10.8 Å². The van der Waals surface area contributed by atoms with E-state index in [-0.39, 0.29) is 0 Å². The fourth-order valence-electron chi connectivity index (χ4n) is 5.02. The Morgan fingerprint density at radius 2 is 1.53 bits per heavy atom. The summed E-state index contributed by atoms with van der Waals surface area (Å²) in [6.07, 6.45) is 9.65. The lowest BCUT2D eigenvalue weighted by Gasteiger charge is -2.29. The van der Waals surface area contributed by atoms with Crippen LogP contribution in [0.2, 0.25) is 0 Å². The van der Waals surface area contributed by atoms with Crippen LogP contribution in [0.25, 0.3) is 11.1 Å². The van der Waals surface area contributed by atoms with Crippen molar-refractivity contribution in [1.29, 1.82) is 0 Å². The Hall–Kier alpha value is -2.98. The number of rotatable bonds is 6. The molecule has 3 aromatic carbocycles. The Labute approximate surface area is 210 Å². The average Bonchev–Trinajstić information content (AvgIpc) is 2.88. The molecule has 1 nitrogen and oxygen atoms in total. The zero-order valence-electron chi connectivity index (χ0n) is 20.3. The third-order valence-electron chi connectivity index (χ3n) is 7.14. The molecule has 0 unspecified atom stereocenters. The van der Waals surface area contributed by atoms with Crippen LogP contribution in [0.15, 0.2) is 71.7 Å². The van der Waals surface area contributed by atoms with Crippen LogP contribution in [0, 0.1) is 24.7 Å². The van der Waals surface area contributed by atoms with Crippen LogP contribution in [0.4, 0.5) is 5.69 Å². The van der Waals surface area contributed by atoms with E-state index >= 15 is 0 Å². The number of isothiocyanates is 1. The summed E-state index contributed by atoms with van der Waals surface area (Å²) < 4.78 is 0. The van der Waals surface area contributed by atoms with Crippen molar-refractivity contribution in [3.8, 4) is 23.0 Å². The van der Waals surface area contributed by atoms with Gasteiger partial charge in [-0.1, -0.05) is 74.4 Å². The maximum atomic E-state index is 4.68. The number of hydrogen-bond acceptors (Lipinski definition) is 2. The molecule has 1 aliphatic carbocycles. The third kappa shape index (κ3) is 6.32. The van der Waals surface area contributed by atoms with E-state index in [0.717, 1.165) is 34.2 Å². The minimum atomic E-state index is 0.739. The van der Waals surface area contributed by atoms with Gasteiger partial charge in [-0.2, -0.15) is 4.99 Å². The predicted molar refractivity (Wildman–Crippen MR) is 148 cm³/mol. The Balaban J connectivity index is 1.38. The van der Waals surface area contributed by atoms with Gasteiger partial charge in [0.2, 0.25) is 0 Å². The lowest BCUT2D eigenvalue weighted by molar-refractivity contribution is 0.304. The van der Waals surface area contributed by atoms with Crippen molar-refractivity contribution >= 4 is 23.1 Å². The van der Waals surface area contributed by atoms with E-state index in [1.807, 2.05) is 25.1 Å². The molecule has 1 saturated carbocycles. The molecule has 0 N–H and O–H groups in total. The number of hydrogen-bond donors (Lipinski definition) is 0. The second kappa shape index (κ2) is 11.9. The number of aryl methyl sites for hydroxylation is 1. The molecule has 0 bridgehead atoms. The van der Waals surface area contributed by atoms with E-state index in [1.165, 1.54) is 61.6 Å². The first-order valence-electron chi connectivity index (χ1n) is 12.6. The van der Waals surface area contributed by atoms with Gasteiger partial charge in [-0.25, -0.2) is 0 Å². The Bertz CT molecular complexity index is 1200. The Morgan fingerprint density at radius 3 is 2.15 bits per heavy atom. The largest absolute Gasteiger partial charge is 0.195 e. The first-order chi connectivity index (χ1) is 16.7. The van der Waals surface area contributed by atoms with Crippen molar-refractivity contribution in [2.24, 2.45) is 10.9 Å². The predicted octanol–water partition coefficient (Wildman–Crippen LogP) is 9.26. The zero-order chi connectivity index (χ0) is 23.8. The molecule has 0 radical (unpaired) electrons. The quantitative estimate of drug-likeness (QED) is 0.201. The van der Waals surface area contributed by atoms with Gasteiger partial charge in [-0.05, 0) is 109 Å². The van der Waals surface area contributed by atoms with Gasteiger partial charge in [0, 0.05) is 11.1 Å². The number of thiocarbonyl (C=S) groups is 1. The normalized spacial score (nSPS) is 17.4. The molecular weight excluding hydrogens is 430 g/mol. The monoisotopic (exact) mass is 463 g/mol. The van der Waals surface area contributed by atoms with Crippen LogP contribution in [0.3, 0.4) is 0 Å². The van der Waals surface area contributed by atoms with E-state index in [4.69, 9.17) is 0 Å². The topological polar surface area (TPSA) is 12.4 Å². The van der Waals surface area contributed by atoms with E-state index in [1.54, 1.807) is 0 Å². The van der Waals surface area contributed by atoms with Gasteiger partial charge in [0.25, 0.3) is 0 Å². The zero-order valence-corrected chi connectivity index (χ0v) is 21.1. The van der Waals surface area contributed by atoms with Gasteiger partial charge in [-0.3, -0.25) is 0 Å². The second-order valence-electron chi connectivity index (χ2n) is 9.51. The van der Waals surface area contributed by atoms with Gasteiger partial charge >= 0.3 is 0 Å². The maximum Gasteiger partial charge on any atom is 0.0743 e. The van der Waals surface area contributed by atoms with Crippen LogP contribution < -0.4 is 0 Å². The molecule has 0 amide bonds. The van der Waals surface area contributed by atoms with Crippen molar-refractivity contribution in [3.63, 3.8) is 0 Å². The smallest absolute Gasteiger partial charge is 0.0743 e. The molecule has 0 atom stereocenters. The number of benzene rings is 3. The van der Waals surface area contributed by atoms with E-state index in [2.05, 4.69) is 89.7 Å². The van der Waals surface area contributed by atoms with Crippen LogP contribution in [0.5, 0.6) is 0 Å². The molecule has 0 aliphatic heterocycles. The summed E-state index contributed by atoms with van der Waals surface area (Å²) in [4.78, 5) is 4.03. The fourth-order valence-corrected chi connectivity index (χ4v) is 5.13. The first-order valence-corrected chi connectivity index (χ1v) is 13.0. The van der Waals surface area contributed by atoms with Crippen LogP contribution in [-0.2, 0) is 0 Å². The fraction of sp³-hybridized carbons (Fsp3) is 0.344. The molecule has 172 valence electrons. The molecule has 0 spiro atoms. The molecular formula is C32H33NS. The molecule has 0 heterocycles. The molecule has 0 aromatic heterocycles. The molecule has 1 fully saturated rings. The van der Waals surface area contributed by atoms with Crippen molar-refractivity contribution < 1.29 is 0 Å². The van der Waals surface area contributed by atoms with Crippen LogP contribution >= 0.6 is 12.2 Å². The molecule has 4 rings (SSSR count). The highest BCUT2D eigenvalue weighted by molar-refractivity contribution is 7.78. The number of aliphatic imine (C=N–C) groups is 1. The molecule has 34 heavy (non-hydrogen) atoms. The molecule has 0 saturated heterocycles. The van der Waals surface area contributed by atoms with Gasteiger partial charge < -0.3 is 0 Å². The highest BCUT2D eigenvalue weighted by Gasteiger charge is 2.21. The summed E-state index contributed by atoms with van der Waals surface area (Å²) in [5, 5.41) is 2.41. The summed E-state index contributed by atoms with van der Waals surface area (Å²) in [5.41, 5.74) is 7.93. The van der Waals surface area contributed by atoms with Crippen LogP contribution in [-0.4, -0.2) is 5.16 Å². The maximum absolute atomic E-state index is 4.68. The molecule has 1 aliphatic rings.